The number of aliphatic imine (C=N–C) groups is 1. The van der Waals surface area contributed by atoms with Crippen molar-refractivity contribution in [3.63, 3.8) is 0 Å². The van der Waals surface area contributed by atoms with E-state index < -0.39 is 11.6 Å². The molecular formula is C38H58N2O5. The third kappa shape index (κ3) is 9.55. The molecule has 0 spiro atoms. The molecule has 0 bridgehead atoms. The molecule has 7 nitrogen and oxygen atoms in total. The van der Waals surface area contributed by atoms with Gasteiger partial charge in [0.15, 0.2) is 11.5 Å². The summed E-state index contributed by atoms with van der Waals surface area (Å²) in [7, 11) is 3.33. The Morgan fingerprint density at radius 3 is 2.24 bits per heavy atom. The number of aliphatic hydroxyl groups is 1. The Balaban J connectivity index is 1.68. The van der Waals surface area contributed by atoms with Gasteiger partial charge in [-0.05, 0) is 93.7 Å². The van der Waals surface area contributed by atoms with Crippen LogP contribution in [0.4, 0.5) is 0 Å². The lowest BCUT2D eigenvalue weighted by Gasteiger charge is -2.38. The van der Waals surface area contributed by atoms with E-state index in [1.165, 1.54) is 5.56 Å². The van der Waals surface area contributed by atoms with Crippen molar-refractivity contribution in [3.05, 3.63) is 59.7 Å². The number of hydrogen-bond acceptors (Lipinski definition) is 6. The van der Waals surface area contributed by atoms with Gasteiger partial charge in [0.25, 0.3) is 0 Å². The fourth-order valence-electron chi connectivity index (χ4n) is 6.68. The quantitative estimate of drug-likeness (QED) is 0.122. The number of amides is 1. The highest BCUT2D eigenvalue weighted by Gasteiger charge is 2.56. The zero-order valence-electron chi connectivity index (χ0n) is 29.0. The number of aliphatic hydroxyl groups excluding tert-OH is 1. The molecule has 250 valence electrons. The minimum absolute atomic E-state index is 0.00394. The van der Waals surface area contributed by atoms with E-state index in [2.05, 4.69) is 95.0 Å². The number of rotatable bonds is 20. The highest BCUT2D eigenvalue weighted by molar-refractivity contribution is 5.80. The van der Waals surface area contributed by atoms with Crippen LogP contribution in [0, 0.1) is 23.7 Å². The van der Waals surface area contributed by atoms with Gasteiger partial charge in [-0.25, -0.2) is 0 Å². The molecule has 2 aromatic rings. The molecule has 7 heteroatoms. The molecule has 0 aromatic heterocycles. The predicted molar refractivity (Wildman–Crippen MR) is 183 cm³/mol. The first-order chi connectivity index (χ1) is 21.4. The minimum Gasteiger partial charge on any atom is -0.493 e. The fourth-order valence-corrected chi connectivity index (χ4v) is 6.68. The van der Waals surface area contributed by atoms with Gasteiger partial charge in [-0.15, -0.1) is 0 Å². The molecule has 0 saturated heterocycles. The van der Waals surface area contributed by atoms with E-state index >= 15 is 0 Å². The molecule has 2 aromatic carbocycles. The second-order valence-electron chi connectivity index (χ2n) is 14.1. The summed E-state index contributed by atoms with van der Waals surface area (Å²) in [5.41, 5.74) is 1.94. The predicted octanol–water partition coefficient (Wildman–Crippen LogP) is 7.03. The number of carbonyl (C=O) groups excluding carboxylic acids is 1. The highest BCUT2D eigenvalue weighted by Crippen LogP contribution is 2.55. The van der Waals surface area contributed by atoms with Gasteiger partial charge in [0, 0.05) is 37.0 Å². The second-order valence-corrected chi connectivity index (χ2v) is 14.1. The van der Waals surface area contributed by atoms with Crippen molar-refractivity contribution in [2.24, 2.45) is 28.7 Å². The maximum absolute atomic E-state index is 13.8. The average Bonchev–Trinajstić information content (AvgIpc) is 3.83. The van der Waals surface area contributed by atoms with Crippen molar-refractivity contribution in [2.45, 2.75) is 103 Å². The largest absolute Gasteiger partial charge is 0.493 e. The summed E-state index contributed by atoms with van der Waals surface area (Å²) in [4.78, 5) is 18.2. The van der Waals surface area contributed by atoms with Crippen LogP contribution in [0.3, 0.4) is 0 Å². The Labute approximate surface area is 272 Å². The first kappa shape index (κ1) is 36.6. The van der Waals surface area contributed by atoms with Crippen LogP contribution in [0.2, 0.25) is 0 Å². The zero-order chi connectivity index (χ0) is 33.2. The van der Waals surface area contributed by atoms with Gasteiger partial charge in [0.05, 0.1) is 25.9 Å². The molecule has 0 heterocycles. The topological polar surface area (TPSA) is 89.4 Å². The minimum atomic E-state index is -0.774. The monoisotopic (exact) mass is 622 g/mol. The van der Waals surface area contributed by atoms with Crippen LogP contribution in [0.1, 0.15) is 84.8 Å². The lowest BCUT2D eigenvalue weighted by molar-refractivity contribution is -0.129. The van der Waals surface area contributed by atoms with Crippen molar-refractivity contribution in [1.29, 1.82) is 0 Å². The van der Waals surface area contributed by atoms with Crippen LogP contribution in [0.15, 0.2) is 53.5 Å². The highest BCUT2D eigenvalue weighted by atomic mass is 16.5. The Bertz CT molecular complexity index is 1210. The summed E-state index contributed by atoms with van der Waals surface area (Å²) < 4.78 is 16.7. The smallest absolute Gasteiger partial charge is 0.223 e. The maximum atomic E-state index is 13.8. The Kier molecular flexibility index (Phi) is 13.5. The van der Waals surface area contributed by atoms with Crippen LogP contribution in [-0.2, 0) is 21.4 Å². The first-order valence-electron chi connectivity index (χ1n) is 16.7. The Morgan fingerprint density at radius 1 is 1.00 bits per heavy atom. The van der Waals surface area contributed by atoms with E-state index in [0.29, 0.717) is 37.7 Å². The van der Waals surface area contributed by atoms with Gasteiger partial charge in [-0.3, -0.25) is 9.79 Å². The van der Waals surface area contributed by atoms with E-state index in [1.54, 1.807) is 14.2 Å². The van der Waals surface area contributed by atoms with E-state index in [4.69, 9.17) is 14.2 Å². The number of ether oxygens (including phenoxy) is 3. The molecule has 45 heavy (non-hydrogen) atoms. The van der Waals surface area contributed by atoms with Crippen molar-refractivity contribution < 1.29 is 24.1 Å². The molecule has 1 aliphatic rings. The standard InChI is InChI=1S/C38H58N2O5/c1-26(2)29(22-28-16-17-34(44-9)35(23-28)45-21-13-20-43-8)24-32(39-7)33(41)25-31(27(3)4)36(42)40-37(5,6)38(18-19-38)30-14-11-10-12-15-30/h10-12,14-17,23,26-27,29,31-33,41H,7,13,18-22,24-25H2,1-6,8-9H3,(H,40,42)/t29-,31-,32-,33-/m0/s1. The molecular weight excluding hydrogens is 564 g/mol. The maximum Gasteiger partial charge on any atom is 0.223 e. The second kappa shape index (κ2) is 16.6. The number of methoxy groups -OCH3 is 2. The normalized spacial score (nSPS) is 17.0. The molecule has 1 saturated carbocycles. The average molecular weight is 623 g/mol. The van der Waals surface area contributed by atoms with E-state index in [-0.39, 0.29) is 35.1 Å². The summed E-state index contributed by atoms with van der Waals surface area (Å²) in [5.74, 6) is 1.75. The van der Waals surface area contributed by atoms with E-state index in [0.717, 1.165) is 37.0 Å². The molecule has 0 unspecified atom stereocenters. The van der Waals surface area contributed by atoms with Crippen molar-refractivity contribution in [1.82, 2.24) is 5.32 Å². The molecule has 1 amide bonds. The summed E-state index contributed by atoms with van der Waals surface area (Å²) in [6, 6.07) is 16.2. The molecule has 3 rings (SSSR count). The van der Waals surface area contributed by atoms with Crippen LogP contribution in [0.5, 0.6) is 11.5 Å². The van der Waals surface area contributed by atoms with E-state index in [9.17, 15) is 9.90 Å². The van der Waals surface area contributed by atoms with Crippen molar-refractivity contribution >= 4 is 12.6 Å². The summed E-state index contributed by atoms with van der Waals surface area (Å²) in [6.45, 7) is 17.8. The van der Waals surface area contributed by atoms with Gasteiger partial charge >= 0.3 is 0 Å². The molecule has 1 fully saturated rings. The summed E-state index contributed by atoms with van der Waals surface area (Å²) in [6.07, 6.45) is 3.94. The summed E-state index contributed by atoms with van der Waals surface area (Å²) in [5, 5.41) is 14.9. The number of benzene rings is 2. The van der Waals surface area contributed by atoms with Crippen LogP contribution in [0.25, 0.3) is 0 Å². The van der Waals surface area contributed by atoms with Crippen LogP contribution in [-0.4, -0.2) is 62.8 Å². The van der Waals surface area contributed by atoms with E-state index in [1.807, 2.05) is 12.1 Å². The van der Waals surface area contributed by atoms with Gasteiger partial charge in [0.1, 0.15) is 0 Å². The number of carbonyl (C=O) groups is 1. The Hall–Kier alpha value is -2.90. The molecule has 2 N–H and O–H groups in total. The lowest BCUT2D eigenvalue weighted by Crippen LogP contribution is -2.55. The third-order valence-electron chi connectivity index (χ3n) is 9.99. The number of nitrogens with one attached hydrogen (secondary N) is 1. The van der Waals surface area contributed by atoms with Gasteiger partial charge < -0.3 is 24.6 Å². The Morgan fingerprint density at radius 2 is 1.69 bits per heavy atom. The molecule has 1 aliphatic carbocycles. The van der Waals surface area contributed by atoms with Gasteiger partial charge in [-0.1, -0.05) is 64.1 Å². The molecule has 0 aliphatic heterocycles. The van der Waals surface area contributed by atoms with Crippen LogP contribution >= 0.6 is 0 Å². The van der Waals surface area contributed by atoms with Gasteiger partial charge in [-0.2, -0.15) is 0 Å². The zero-order valence-corrected chi connectivity index (χ0v) is 29.0. The molecule has 0 radical (unpaired) electrons. The van der Waals surface area contributed by atoms with Crippen molar-refractivity contribution in [3.8, 4) is 11.5 Å². The SMILES string of the molecule is C=N[C@@H](C[C@H](Cc1ccc(OC)c(OCCCOC)c1)C(C)C)[C@@H](O)C[C@H](C(=O)NC(C)(C)C1(c2ccccc2)CC1)C(C)C. The number of nitrogens with zero attached hydrogens (tertiary/aromatic N) is 1. The summed E-state index contributed by atoms with van der Waals surface area (Å²) >= 11 is 0. The molecule has 4 atom stereocenters. The van der Waals surface area contributed by atoms with Crippen LogP contribution < -0.4 is 14.8 Å². The fraction of sp³-hybridized carbons (Fsp3) is 0.632. The first-order valence-corrected chi connectivity index (χ1v) is 16.7. The van der Waals surface area contributed by atoms with Gasteiger partial charge in [0.2, 0.25) is 5.91 Å². The third-order valence-corrected chi connectivity index (χ3v) is 9.99. The van der Waals surface area contributed by atoms with Crippen molar-refractivity contribution in [2.75, 3.05) is 27.4 Å². The lowest BCUT2D eigenvalue weighted by atomic mass is 9.77. The number of hydrogen-bond donors (Lipinski definition) is 2.